The van der Waals surface area contributed by atoms with E-state index >= 15 is 0 Å². The predicted molar refractivity (Wildman–Crippen MR) is 66.9 cm³/mol. The van der Waals surface area contributed by atoms with Crippen LogP contribution < -0.4 is 22.3 Å². The summed E-state index contributed by atoms with van der Waals surface area (Å²) in [6, 6.07) is 0. The first-order valence-corrected chi connectivity index (χ1v) is 5.17. The zero-order valence-corrected chi connectivity index (χ0v) is 9.73. The Morgan fingerprint density at radius 3 is 2.83 bits per heavy atom. The topological polar surface area (TPSA) is 111 Å². The van der Waals surface area contributed by atoms with Crippen molar-refractivity contribution in [3.63, 3.8) is 0 Å². The molecule has 2 heterocycles. The average Bonchev–Trinajstić information content (AvgIpc) is 2.56. The van der Waals surface area contributed by atoms with E-state index in [-0.39, 0.29) is 30.3 Å². The Hall–Kier alpha value is -2.53. The van der Waals surface area contributed by atoms with E-state index in [1.54, 1.807) is 7.05 Å². The Morgan fingerprint density at radius 1 is 1.50 bits per heavy atom. The van der Waals surface area contributed by atoms with Gasteiger partial charge in [-0.05, 0) is 7.05 Å². The smallest absolute Gasteiger partial charge is 0.332 e. The number of aromatic nitrogens is 4. The highest BCUT2D eigenvalue weighted by Gasteiger charge is 2.17. The Labute approximate surface area is 101 Å². The molecule has 0 spiro atoms. The Balaban J connectivity index is 2.93. The van der Waals surface area contributed by atoms with Crippen molar-refractivity contribution in [1.82, 2.24) is 24.4 Å². The molecule has 0 unspecified atom stereocenters. The summed E-state index contributed by atoms with van der Waals surface area (Å²) in [7, 11) is 1.67. The number of nitrogens with zero attached hydrogens (tertiary/aromatic N) is 3. The second-order valence-electron chi connectivity index (χ2n) is 3.64. The third-order valence-electron chi connectivity index (χ3n) is 2.45. The second-order valence-corrected chi connectivity index (χ2v) is 3.64. The van der Waals surface area contributed by atoms with E-state index in [0.29, 0.717) is 0 Å². The quantitative estimate of drug-likeness (QED) is 0.559. The molecule has 2 aromatic rings. The molecule has 0 aliphatic carbocycles. The van der Waals surface area contributed by atoms with Crippen LogP contribution >= 0.6 is 0 Å². The number of fused-ring (bicyclic) bond motifs is 1. The summed E-state index contributed by atoms with van der Waals surface area (Å²) in [5.41, 5.74) is 4.92. The van der Waals surface area contributed by atoms with Gasteiger partial charge in [0.2, 0.25) is 5.95 Å². The second kappa shape index (κ2) is 4.38. The number of aromatic amines is 1. The van der Waals surface area contributed by atoms with Gasteiger partial charge in [-0.3, -0.25) is 18.9 Å². The van der Waals surface area contributed by atoms with Gasteiger partial charge in [0.1, 0.15) is 0 Å². The number of nitrogens with two attached hydrogens (primary N) is 1. The van der Waals surface area contributed by atoms with Crippen molar-refractivity contribution in [3.05, 3.63) is 20.8 Å². The maximum Gasteiger partial charge on any atom is 0.332 e. The van der Waals surface area contributed by atoms with Gasteiger partial charge in [0.05, 0.1) is 13.2 Å². The molecule has 94 valence electrons. The van der Waals surface area contributed by atoms with Crippen LogP contribution in [0.2, 0.25) is 0 Å². The van der Waals surface area contributed by atoms with Gasteiger partial charge in [0.15, 0.2) is 11.2 Å². The summed E-state index contributed by atoms with van der Waals surface area (Å²) in [6.07, 6.45) is 5.19. The van der Waals surface area contributed by atoms with Gasteiger partial charge < -0.3 is 11.1 Å². The van der Waals surface area contributed by atoms with Crippen LogP contribution in [0.25, 0.3) is 11.2 Å². The minimum Gasteiger partial charge on any atom is -0.369 e. The highest BCUT2D eigenvalue weighted by Crippen LogP contribution is 2.06. The Morgan fingerprint density at radius 2 is 2.22 bits per heavy atom. The minimum atomic E-state index is -0.486. The molecule has 0 amide bonds. The maximum atomic E-state index is 12.1. The molecule has 4 N–H and O–H groups in total. The third kappa shape index (κ3) is 1.66. The summed E-state index contributed by atoms with van der Waals surface area (Å²) >= 11 is 0. The molecule has 0 saturated heterocycles. The molecule has 8 heteroatoms. The summed E-state index contributed by atoms with van der Waals surface area (Å²) in [4.78, 5) is 30.2. The first kappa shape index (κ1) is 11.9. The van der Waals surface area contributed by atoms with Crippen LogP contribution in [-0.4, -0.2) is 26.1 Å². The van der Waals surface area contributed by atoms with Crippen LogP contribution in [0.1, 0.15) is 0 Å². The molecular formula is C10H12N6O2. The summed E-state index contributed by atoms with van der Waals surface area (Å²) in [6.45, 7) is 0.212. The molecule has 18 heavy (non-hydrogen) atoms. The van der Waals surface area contributed by atoms with E-state index in [0.717, 1.165) is 0 Å². The molecule has 0 atom stereocenters. The van der Waals surface area contributed by atoms with Crippen LogP contribution in [0.4, 0.5) is 5.95 Å². The van der Waals surface area contributed by atoms with Crippen LogP contribution in [-0.2, 0) is 13.2 Å². The summed E-state index contributed by atoms with van der Waals surface area (Å²) in [5, 5.41) is 2.82. The maximum absolute atomic E-state index is 12.1. The summed E-state index contributed by atoms with van der Waals surface area (Å²) in [5.74, 6) is 2.29. The molecule has 0 saturated carbocycles. The van der Waals surface area contributed by atoms with E-state index in [1.807, 2.05) is 0 Å². The number of nitrogens with one attached hydrogen (secondary N) is 2. The molecule has 0 fully saturated rings. The van der Waals surface area contributed by atoms with Crippen molar-refractivity contribution in [3.8, 4) is 12.3 Å². The van der Waals surface area contributed by atoms with E-state index in [4.69, 9.17) is 12.2 Å². The number of nitrogen functional groups attached to an aromatic ring is 1. The van der Waals surface area contributed by atoms with Crippen molar-refractivity contribution >= 4 is 17.1 Å². The molecule has 0 bridgehead atoms. The monoisotopic (exact) mass is 248 g/mol. The molecule has 0 aliphatic heterocycles. The largest absolute Gasteiger partial charge is 0.369 e. The number of imidazole rings is 1. The Kier molecular flexibility index (Phi) is 2.91. The zero-order valence-electron chi connectivity index (χ0n) is 9.73. The first-order valence-electron chi connectivity index (χ1n) is 5.17. The van der Waals surface area contributed by atoms with Crippen LogP contribution in [0.5, 0.6) is 0 Å². The van der Waals surface area contributed by atoms with Crippen LogP contribution in [0.3, 0.4) is 0 Å². The highest BCUT2D eigenvalue weighted by molar-refractivity contribution is 5.71. The van der Waals surface area contributed by atoms with Crippen molar-refractivity contribution < 1.29 is 0 Å². The number of rotatable bonds is 3. The van der Waals surface area contributed by atoms with Gasteiger partial charge in [-0.1, -0.05) is 5.92 Å². The molecule has 0 aromatic carbocycles. The van der Waals surface area contributed by atoms with Gasteiger partial charge in [-0.15, -0.1) is 6.42 Å². The van der Waals surface area contributed by atoms with Crippen molar-refractivity contribution in [2.24, 2.45) is 0 Å². The highest BCUT2D eigenvalue weighted by atomic mass is 16.2. The van der Waals surface area contributed by atoms with Crippen molar-refractivity contribution in [1.29, 1.82) is 0 Å². The van der Waals surface area contributed by atoms with Crippen molar-refractivity contribution in [2.75, 3.05) is 12.8 Å². The molecule has 0 radical (unpaired) electrons. The number of anilines is 1. The van der Waals surface area contributed by atoms with Gasteiger partial charge in [0, 0.05) is 0 Å². The number of terminal acetylenes is 1. The zero-order chi connectivity index (χ0) is 13.3. The lowest BCUT2D eigenvalue weighted by Crippen LogP contribution is -2.28. The third-order valence-corrected chi connectivity index (χ3v) is 2.45. The normalized spacial score (nSPS) is 10.7. The average molecular weight is 248 g/mol. The standard InChI is InChI=1S/C10H12N6O2/c1-3-4-15-6-7(13-9(11)14-8(6)17)16(5-12-2)10(15)18/h1,12H,4-5H2,2H3,(H3,11,13,14,17). The first-order chi connectivity index (χ1) is 8.60. The number of hydrogen-bond acceptors (Lipinski definition) is 5. The number of H-pyrrole nitrogens is 1. The van der Waals surface area contributed by atoms with Gasteiger partial charge >= 0.3 is 5.69 Å². The van der Waals surface area contributed by atoms with Gasteiger partial charge in [0.25, 0.3) is 5.56 Å². The minimum absolute atomic E-state index is 0.000720. The molecule has 2 rings (SSSR count). The molecule has 0 aliphatic rings. The van der Waals surface area contributed by atoms with E-state index in [2.05, 4.69) is 21.2 Å². The van der Waals surface area contributed by atoms with E-state index in [1.165, 1.54) is 9.13 Å². The fourth-order valence-corrected chi connectivity index (χ4v) is 1.77. The lowest BCUT2D eigenvalue weighted by molar-refractivity contribution is 0.593. The summed E-state index contributed by atoms with van der Waals surface area (Å²) < 4.78 is 2.50. The fraction of sp³-hybridized carbons (Fsp3) is 0.300. The van der Waals surface area contributed by atoms with Gasteiger partial charge in [-0.2, -0.15) is 4.98 Å². The van der Waals surface area contributed by atoms with Gasteiger partial charge in [-0.25, -0.2) is 4.79 Å². The van der Waals surface area contributed by atoms with E-state index in [9.17, 15) is 9.59 Å². The lowest BCUT2D eigenvalue weighted by atomic mass is 10.5. The fourth-order valence-electron chi connectivity index (χ4n) is 1.77. The predicted octanol–water partition coefficient (Wildman–Crippen LogP) is -1.72. The molecule has 2 aromatic heterocycles. The SMILES string of the molecule is C#CCn1c(=O)n(CNC)c2nc(N)[nH]c(=O)c21. The molecular weight excluding hydrogens is 236 g/mol. The van der Waals surface area contributed by atoms with Crippen LogP contribution in [0.15, 0.2) is 9.59 Å². The molecule has 8 nitrogen and oxygen atoms in total. The lowest BCUT2D eigenvalue weighted by Gasteiger charge is -2.00. The van der Waals surface area contributed by atoms with Crippen LogP contribution in [0, 0.1) is 12.3 Å². The van der Waals surface area contributed by atoms with E-state index < -0.39 is 11.2 Å². The van der Waals surface area contributed by atoms with Crippen molar-refractivity contribution in [2.45, 2.75) is 13.2 Å². The Bertz CT molecular complexity index is 745. The number of hydrogen-bond donors (Lipinski definition) is 3.